The van der Waals surface area contributed by atoms with Gasteiger partial charge in [0.05, 0.1) is 12.3 Å². The number of halogens is 1. The van der Waals surface area contributed by atoms with Crippen molar-refractivity contribution < 1.29 is 17.9 Å². The number of nitrogens with zero attached hydrogens (tertiary/aromatic N) is 2. The number of hydrogen-bond donors (Lipinski definition) is 3. The van der Waals surface area contributed by atoms with E-state index in [2.05, 4.69) is 25.2 Å². The second-order valence-electron chi connectivity index (χ2n) is 7.07. The minimum absolute atomic E-state index is 0. The average molecular weight is 505 g/mol. The number of amides is 1. The van der Waals surface area contributed by atoms with E-state index in [4.69, 9.17) is 4.74 Å². The Morgan fingerprint density at radius 2 is 1.96 bits per heavy atom. The fraction of sp³-hybridized carbons (Fsp3) is 0.867. The normalized spacial score (nSPS) is 18.3. The van der Waals surface area contributed by atoms with E-state index in [9.17, 15) is 13.2 Å². The van der Waals surface area contributed by atoms with Crippen molar-refractivity contribution in [1.82, 2.24) is 20.3 Å². The van der Waals surface area contributed by atoms with Crippen molar-refractivity contribution in [3.63, 3.8) is 0 Å². The van der Waals surface area contributed by atoms with Crippen molar-refractivity contribution in [2.24, 2.45) is 4.99 Å². The first kappa shape index (κ1) is 25.2. The molecule has 11 heteroatoms. The van der Waals surface area contributed by atoms with Gasteiger partial charge in [-0.05, 0) is 33.6 Å². The molecule has 0 aliphatic carbocycles. The molecule has 0 aromatic rings. The summed E-state index contributed by atoms with van der Waals surface area (Å²) >= 11 is 0. The van der Waals surface area contributed by atoms with Crippen LogP contribution in [0.15, 0.2) is 4.99 Å². The standard InChI is InChI=1S/C15H31N5O4S.HI/c1-15(2,3)24-14(21)19-12-7-10-20(11-12)13(16-4)17-8-6-9-18-25(5,22)23;/h12,18H,6-11H2,1-5H3,(H,16,17)(H,19,21);1H. The smallest absolute Gasteiger partial charge is 0.407 e. The topological polar surface area (TPSA) is 112 Å². The first-order chi connectivity index (χ1) is 11.5. The molecule has 0 aromatic carbocycles. The van der Waals surface area contributed by atoms with Crippen LogP contribution in [0.3, 0.4) is 0 Å². The zero-order valence-electron chi connectivity index (χ0n) is 16.2. The highest BCUT2D eigenvalue weighted by atomic mass is 127. The molecule has 1 rings (SSSR count). The van der Waals surface area contributed by atoms with Crippen molar-refractivity contribution in [2.45, 2.75) is 45.3 Å². The Balaban J connectivity index is 0.00000625. The molecule has 3 N–H and O–H groups in total. The summed E-state index contributed by atoms with van der Waals surface area (Å²) in [5.41, 5.74) is -0.514. The van der Waals surface area contributed by atoms with Crippen LogP contribution in [-0.4, -0.2) is 76.5 Å². The van der Waals surface area contributed by atoms with Crippen LogP contribution in [0.4, 0.5) is 4.79 Å². The Labute approximate surface area is 173 Å². The molecule has 1 heterocycles. The number of hydrogen-bond acceptors (Lipinski definition) is 5. The zero-order valence-corrected chi connectivity index (χ0v) is 19.3. The van der Waals surface area contributed by atoms with Gasteiger partial charge in [-0.25, -0.2) is 17.9 Å². The Morgan fingerprint density at radius 1 is 1.31 bits per heavy atom. The van der Waals surface area contributed by atoms with Gasteiger partial charge in [-0.1, -0.05) is 0 Å². The molecule has 1 amide bonds. The lowest BCUT2D eigenvalue weighted by Crippen LogP contribution is -2.44. The Morgan fingerprint density at radius 3 is 2.50 bits per heavy atom. The predicted molar refractivity (Wildman–Crippen MR) is 114 cm³/mol. The number of rotatable bonds is 6. The summed E-state index contributed by atoms with van der Waals surface area (Å²) < 4.78 is 29.7. The van der Waals surface area contributed by atoms with Crippen LogP contribution in [0.2, 0.25) is 0 Å². The van der Waals surface area contributed by atoms with Crippen molar-refractivity contribution in [3.8, 4) is 0 Å². The number of carbonyl (C=O) groups excluding carboxylic acids is 1. The molecule has 9 nitrogen and oxygen atoms in total. The number of guanidine groups is 1. The maximum atomic E-state index is 11.8. The van der Waals surface area contributed by atoms with E-state index < -0.39 is 21.7 Å². The van der Waals surface area contributed by atoms with Gasteiger partial charge < -0.3 is 20.3 Å². The SMILES string of the molecule is CN=C(NCCCNS(C)(=O)=O)N1CCC(NC(=O)OC(C)(C)C)C1.I. The van der Waals surface area contributed by atoms with Gasteiger partial charge in [0.2, 0.25) is 10.0 Å². The molecule has 0 bridgehead atoms. The highest BCUT2D eigenvalue weighted by molar-refractivity contribution is 14.0. The lowest BCUT2D eigenvalue weighted by atomic mass is 10.2. The van der Waals surface area contributed by atoms with E-state index in [-0.39, 0.29) is 30.0 Å². The number of ether oxygens (including phenoxy) is 1. The van der Waals surface area contributed by atoms with Crippen molar-refractivity contribution >= 4 is 46.1 Å². The lowest BCUT2D eigenvalue weighted by Gasteiger charge is -2.23. The van der Waals surface area contributed by atoms with Gasteiger partial charge >= 0.3 is 6.09 Å². The van der Waals surface area contributed by atoms with Gasteiger partial charge in [0.1, 0.15) is 5.60 Å². The quantitative estimate of drug-likeness (QED) is 0.212. The summed E-state index contributed by atoms with van der Waals surface area (Å²) in [6, 6.07) is 0.0142. The molecule has 1 fully saturated rings. The highest BCUT2D eigenvalue weighted by Crippen LogP contribution is 2.11. The van der Waals surface area contributed by atoms with E-state index >= 15 is 0 Å². The lowest BCUT2D eigenvalue weighted by molar-refractivity contribution is 0.0507. The number of aliphatic imine (C=N–C) groups is 1. The van der Waals surface area contributed by atoms with Gasteiger partial charge in [-0.2, -0.15) is 0 Å². The summed E-state index contributed by atoms with van der Waals surface area (Å²) in [5.74, 6) is 0.743. The second kappa shape index (κ2) is 11.1. The van der Waals surface area contributed by atoms with Gasteiger partial charge in [-0.3, -0.25) is 4.99 Å². The van der Waals surface area contributed by atoms with Crippen molar-refractivity contribution in [2.75, 3.05) is 39.5 Å². The number of likely N-dealkylation sites (tertiary alicyclic amines) is 1. The Bertz CT molecular complexity index is 577. The first-order valence-electron chi connectivity index (χ1n) is 8.40. The largest absolute Gasteiger partial charge is 0.444 e. The summed E-state index contributed by atoms with van der Waals surface area (Å²) in [7, 11) is -1.45. The summed E-state index contributed by atoms with van der Waals surface area (Å²) in [6.07, 6.45) is 2.20. The first-order valence-corrected chi connectivity index (χ1v) is 10.3. The molecule has 1 aliphatic rings. The third-order valence-electron chi connectivity index (χ3n) is 3.42. The van der Waals surface area contributed by atoms with Crippen LogP contribution in [0.5, 0.6) is 0 Å². The monoisotopic (exact) mass is 505 g/mol. The van der Waals surface area contributed by atoms with E-state index in [1.54, 1.807) is 7.05 Å². The minimum Gasteiger partial charge on any atom is -0.444 e. The van der Waals surface area contributed by atoms with Crippen LogP contribution < -0.4 is 15.4 Å². The molecule has 0 radical (unpaired) electrons. The van der Waals surface area contributed by atoms with E-state index in [0.29, 0.717) is 26.1 Å². The molecule has 1 aliphatic heterocycles. The highest BCUT2D eigenvalue weighted by Gasteiger charge is 2.27. The average Bonchev–Trinajstić information content (AvgIpc) is 2.87. The fourth-order valence-electron chi connectivity index (χ4n) is 2.42. The van der Waals surface area contributed by atoms with E-state index in [1.165, 1.54) is 0 Å². The third kappa shape index (κ3) is 11.0. The van der Waals surface area contributed by atoms with Crippen LogP contribution in [0, 0.1) is 0 Å². The van der Waals surface area contributed by atoms with E-state index in [0.717, 1.165) is 25.2 Å². The molecule has 0 saturated carbocycles. The van der Waals surface area contributed by atoms with E-state index in [1.807, 2.05) is 20.8 Å². The molecular weight excluding hydrogens is 473 g/mol. The molecule has 154 valence electrons. The number of sulfonamides is 1. The maximum absolute atomic E-state index is 11.8. The molecule has 26 heavy (non-hydrogen) atoms. The van der Waals surface area contributed by atoms with Crippen LogP contribution in [0.1, 0.15) is 33.6 Å². The van der Waals surface area contributed by atoms with Crippen LogP contribution >= 0.6 is 24.0 Å². The maximum Gasteiger partial charge on any atom is 0.407 e. The Kier molecular flexibility index (Phi) is 10.8. The number of nitrogens with one attached hydrogen (secondary N) is 3. The van der Waals surface area contributed by atoms with Crippen molar-refractivity contribution in [3.05, 3.63) is 0 Å². The number of carbonyl (C=O) groups is 1. The molecule has 0 spiro atoms. The zero-order chi connectivity index (χ0) is 19.1. The summed E-state index contributed by atoms with van der Waals surface area (Å²) in [5, 5.41) is 6.08. The summed E-state index contributed by atoms with van der Waals surface area (Å²) in [4.78, 5) is 18.1. The van der Waals surface area contributed by atoms with Crippen LogP contribution in [-0.2, 0) is 14.8 Å². The molecule has 0 aromatic heterocycles. The fourth-order valence-corrected chi connectivity index (χ4v) is 2.94. The molecule has 1 atom stereocenters. The molecule has 1 saturated heterocycles. The molecule has 1 unspecified atom stereocenters. The molecular formula is C15H32IN5O4S. The van der Waals surface area contributed by atoms with Gasteiger partial charge in [0.25, 0.3) is 0 Å². The van der Waals surface area contributed by atoms with Gasteiger partial charge in [0.15, 0.2) is 5.96 Å². The number of alkyl carbamates (subject to hydrolysis) is 1. The van der Waals surface area contributed by atoms with Crippen molar-refractivity contribution in [1.29, 1.82) is 0 Å². The van der Waals surface area contributed by atoms with Crippen LogP contribution in [0.25, 0.3) is 0 Å². The summed E-state index contributed by atoms with van der Waals surface area (Å²) in [6.45, 7) is 7.91. The van der Waals surface area contributed by atoms with Gasteiger partial charge in [0, 0.05) is 33.2 Å². The third-order valence-corrected chi connectivity index (χ3v) is 4.15. The second-order valence-corrected chi connectivity index (χ2v) is 8.90. The minimum atomic E-state index is -3.15. The Hall–Kier alpha value is -0.820. The van der Waals surface area contributed by atoms with Gasteiger partial charge in [-0.15, -0.1) is 24.0 Å². The predicted octanol–water partition coefficient (Wildman–Crippen LogP) is 0.718.